The van der Waals surface area contributed by atoms with Crippen molar-refractivity contribution in [2.24, 2.45) is 5.41 Å². The minimum atomic E-state index is -1.27. The number of aromatic amines is 1. The van der Waals surface area contributed by atoms with E-state index in [9.17, 15) is 24.3 Å². The molecule has 1 spiro atoms. The normalized spacial score (nSPS) is 16.7. The maximum atomic E-state index is 15.3. The Labute approximate surface area is 387 Å². The fourth-order valence-electron chi connectivity index (χ4n) is 9.79. The summed E-state index contributed by atoms with van der Waals surface area (Å²) >= 11 is 0. The first-order chi connectivity index (χ1) is 32.1. The molecule has 0 bridgehead atoms. The number of carbonyl (C=O) groups is 4. The summed E-state index contributed by atoms with van der Waals surface area (Å²) in [5.41, 5.74) is 5.68. The Morgan fingerprint density at radius 1 is 0.881 bits per heavy atom. The number of halogens is 2. The van der Waals surface area contributed by atoms with Crippen LogP contribution < -0.4 is 15.0 Å². The number of fused-ring (bicyclic) bond motifs is 1. The van der Waals surface area contributed by atoms with Gasteiger partial charge in [0.25, 0.3) is 5.91 Å². The highest BCUT2D eigenvalue weighted by Gasteiger charge is 2.39. The molecule has 6 aromatic rings. The summed E-state index contributed by atoms with van der Waals surface area (Å²) in [6.45, 7) is 9.14. The predicted molar refractivity (Wildman–Crippen MR) is 250 cm³/mol. The maximum absolute atomic E-state index is 15.3. The molecule has 0 aliphatic carbocycles. The van der Waals surface area contributed by atoms with Crippen LogP contribution in [0.2, 0.25) is 0 Å². The largest absolute Gasteiger partial charge is 0.495 e. The van der Waals surface area contributed by atoms with Crippen molar-refractivity contribution in [3.05, 3.63) is 130 Å². The molecule has 13 nitrogen and oxygen atoms in total. The van der Waals surface area contributed by atoms with Crippen molar-refractivity contribution in [3.8, 4) is 28.3 Å². The minimum absolute atomic E-state index is 0.0814. The number of piperidine rings is 2. The van der Waals surface area contributed by atoms with E-state index in [0.29, 0.717) is 69.1 Å². The number of benzene rings is 4. The van der Waals surface area contributed by atoms with Gasteiger partial charge in [0.1, 0.15) is 29.4 Å². The highest BCUT2D eigenvalue weighted by molar-refractivity contribution is 6.07. The zero-order chi connectivity index (χ0) is 47.2. The lowest BCUT2D eigenvalue weighted by Crippen LogP contribution is -2.50. The van der Waals surface area contributed by atoms with Gasteiger partial charge in [0.05, 0.1) is 29.7 Å². The summed E-state index contributed by atoms with van der Waals surface area (Å²) in [7, 11) is 1.51. The molecule has 3 aliphatic rings. The number of carbonyl (C=O) groups excluding carboxylic acids is 4. The van der Waals surface area contributed by atoms with Crippen molar-refractivity contribution in [3.63, 3.8) is 0 Å². The third kappa shape index (κ3) is 9.30. The number of imide groups is 1. The Hall–Kier alpha value is -6.84. The SMILES string of the molecule is COc1ccc(C(=O)N2CCC3(CCN(Cc4ccc(-c5cc6c(-c7cc(F)cc(CC(=O)c8ccc(C(C)(C)O)cc8F)c7C)ncnc6[nH]5)cc4)CC3)CC2)cc1N1CCC(=O)NC1=O. The van der Waals surface area contributed by atoms with E-state index in [4.69, 9.17) is 4.74 Å². The van der Waals surface area contributed by atoms with Crippen LogP contribution in [0.1, 0.15) is 88.9 Å². The third-order valence-electron chi connectivity index (χ3n) is 14.0. The molecule has 3 aliphatic heterocycles. The van der Waals surface area contributed by atoms with Gasteiger partial charge >= 0.3 is 6.03 Å². The highest BCUT2D eigenvalue weighted by atomic mass is 19.1. The lowest BCUT2D eigenvalue weighted by molar-refractivity contribution is -0.120. The number of hydrogen-bond acceptors (Lipinski definition) is 9. The van der Waals surface area contributed by atoms with Crippen LogP contribution in [0.25, 0.3) is 33.5 Å². The summed E-state index contributed by atoms with van der Waals surface area (Å²) in [5, 5.41) is 13.3. The van der Waals surface area contributed by atoms with Gasteiger partial charge in [-0.25, -0.2) is 23.5 Å². The molecule has 2 aromatic heterocycles. The number of H-pyrrole nitrogens is 1. The smallest absolute Gasteiger partial charge is 0.328 e. The Bertz CT molecular complexity index is 2910. The number of rotatable bonds is 11. The number of anilines is 1. The van der Waals surface area contributed by atoms with Crippen molar-refractivity contribution in [1.82, 2.24) is 30.1 Å². The molecular formula is C52H53F2N7O6. The standard InChI is InChI=1S/C52H53F2N7O6/c1-31-35(25-44(62)38-11-10-36(26-41(38)54)51(2,3)66)23-37(53)27-39(31)47-40-28-42(57-48(40)56-30-55-47)33-7-5-32(6-8-33)29-59-19-14-52(15-20-59)16-21-60(22-17-52)49(64)34-9-12-45(67-4)43(24-34)61-18-13-46(63)58-50(61)65/h5-12,23-24,26-28,30,66H,13-22,25,29H2,1-4H3,(H,55,56,57)(H,58,63,65). The van der Waals surface area contributed by atoms with Gasteiger partial charge in [0.2, 0.25) is 5.91 Å². The van der Waals surface area contributed by atoms with E-state index in [1.54, 1.807) is 25.1 Å². The van der Waals surface area contributed by atoms with Crippen LogP contribution in [0.3, 0.4) is 0 Å². The van der Waals surface area contributed by atoms with Gasteiger partial charge in [-0.2, -0.15) is 0 Å². The topological polar surface area (TPSA) is 161 Å². The quantitative estimate of drug-likeness (QED) is 0.108. The van der Waals surface area contributed by atoms with Gasteiger partial charge < -0.3 is 19.7 Å². The average Bonchev–Trinajstić information content (AvgIpc) is 3.76. The summed E-state index contributed by atoms with van der Waals surface area (Å²) in [6.07, 6.45) is 5.34. The number of aromatic nitrogens is 3. The number of ketones is 1. The van der Waals surface area contributed by atoms with E-state index in [1.165, 1.54) is 62.0 Å². The molecule has 0 atom stereocenters. The van der Waals surface area contributed by atoms with Crippen LogP contribution in [0.5, 0.6) is 5.75 Å². The third-order valence-corrected chi connectivity index (χ3v) is 14.0. The molecule has 67 heavy (non-hydrogen) atoms. The van der Waals surface area contributed by atoms with Crippen molar-refractivity contribution in [1.29, 1.82) is 0 Å². The summed E-state index contributed by atoms with van der Waals surface area (Å²) in [5.74, 6) is -1.75. The van der Waals surface area contributed by atoms with Crippen molar-refractivity contribution < 1.29 is 37.8 Å². The highest BCUT2D eigenvalue weighted by Crippen LogP contribution is 2.42. The molecule has 9 rings (SSSR count). The van der Waals surface area contributed by atoms with Crippen LogP contribution >= 0.6 is 0 Å². The molecule has 4 amide bonds. The van der Waals surface area contributed by atoms with E-state index in [0.717, 1.165) is 62.6 Å². The number of ether oxygens (including phenoxy) is 1. The zero-order valence-corrected chi connectivity index (χ0v) is 38.0. The minimum Gasteiger partial charge on any atom is -0.495 e. The number of aliphatic hydroxyl groups is 1. The maximum Gasteiger partial charge on any atom is 0.328 e. The van der Waals surface area contributed by atoms with Crippen LogP contribution in [-0.4, -0.2) is 93.3 Å². The van der Waals surface area contributed by atoms with Gasteiger partial charge in [0, 0.05) is 61.2 Å². The molecule has 3 fully saturated rings. The van der Waals surface area contributed by atoms with Gasteiger partial charge in [-0.05, 0) is 141 Å². The Morgan fingerprint density at radius 3 is 2.30 bits per heavy atom. The fraction of sp³-hybridized carbons (Fsp3) is 0.346. The van der Waals surface area contributed by atoms with Crippen LogP contribution in [0.15, 0.2) is 85.2 Å². The van der Waals surface area contributed by atoms with Crippen LogP contribution in [0.4, 0.5) is 19.3 Å². The summed E-state index contributed by atoms with van der Waals surface area (Å²) in [6, 6.07) is 21.7. The zero-order valence-electron chi connectivity index (χ0n) is 38.0. The van der Waals surface area contributed by atoms with E-state index >= 15 is 8.78 Å². The Balaban J connectivity index is 0.818. The van der Waals surface area contributed by atoms with E-state index in [2.05, 4.69) is 49.4 Å². The number of Topliss-reactive ketones (excluding diaryl/α,β-unsaturated/α-hetero) is 1. The van der Waals surface area contributed by atoms with Gasteiger partial charge in [0.15, 0.2) is 5.78 Å². The molecule has 0 saturated carbocycles. The van der Waals surface area contributed by atoms with Crippen molar-refractivity contribution in [2.75, 3.05) is 44.7 Å². The molecular weight excluding hydrogens is 857 g/mol. The number of amides is 4. The van der Waals surface area contributed by atoms with Crippen molar-refractivity contribution >= 4 is 40.3 Å². The number of nitrogens with one attached hydrogen (secondary N) is 2. The Morgan fingerprint density at radius 2 is 1.61 bits per heavy atom. The summed E-state index contributed by atoms with van der Waals surface area (Å²) in [4.78, 5) is 69.6. The number of likely N-dealkylation sites (tertiary alicyclic amines) is 2. The number of methoxy groups -OCH3 is 1. The Kier molecular flexibility index (Phi) is 12.2. The first-order valence-corrected chi connectivity index (χ1v) is 22.7. The number of nitrogens with zero attached hydrogens (tertiary/aromatic N) is 5. The van der Waals surface area contributed by atoms with Crippen LogP contribution in [0, 0.1) is 24.0 Å². The average molecular weight is 910 g/mol. The second-order valence-corrected chi connectivity index (χ2v) is 18.7. The van der Waals surface area contributed by atoms with Gasteiger partial charge in [-0.3, -0.25) is 29.5 Å². The van der Waals surface area contributed by atoms with Gasteiger partial charge in [-0.15, -0.1) is 0 Å². The van der Waals surface area contributed by atoms with Crippen LogP contribution in [-0.2, 0) is 23.4 Å². The summed E-state index contributed by atoms with van der Waals surface area (Å²) < 4.78 is 35.8. The van der Waals surface area contributed by atoms with E-state index < -0.39 is 29.0 Å². The van der Waals surface area contributed by atoms with Crippen molar-refractivity contribution in [2.45, 2.75) is 71.4 Å². The number of hydrogen-bond donors (Lipinski definition) is 3. The molecule has 5 heterocycles. The number of urea groups is 1. The molecule has 3 saturated heterocycles. The monoisotopic (exact) mass is 909 g/mol. The molecule has 4 aromatic carbocycles. The molecule has 0 radical (unpaired) electrons. The fourth-order valence-corrected chi connectivity index (χ4v) is 9.79. The first kappa shape index (κ1) is 45.3. The lowest BCUT2D eigenvalue weighted by Gasteiger charge is -2.47. The molecule has 0 unspecified atom stereocenters. The van der Waals surface area contributed by atoms with Gasteiger partial charge in [-0.1, -0.05) is 30.3 Å². The second kappa shape index (κ2) is 18.1. The molecule has 3 N–H and O–H groups in total. The predicted octanol–water partition coefficient (Wildman–Crippen LogP) is 8.50. The molecule has 15 heteroatoms. The van der Waals surface area contributed by atoms with E-state index in [1.807, 2.05) is 11.0 Å². The first-order valence-electron chi connectivity index (χ1n) is 22.7. The molecule has 346 valence electrons. The lowest BCUT2D eigenvalue weighted by atomic mass is 9.71. The second-order valence-electron chi connectivity index (χ2n) is 18.7. The van der Waals surface area contributed by atoms with E-state index in [-0.39, 0.29) is 42.2 Å².